The summed E-state index contributed by atoms with van der Waals surface area (Å²) in [5.74, 6) is 5.93. The summed E-state index contributed by atoms with van der Waals surface area (Å²) >= 11 is 0. The Labute approximate surface area is 120 Å². The number of hydrogen-bond donors (Lipinski definition) is 2. The first-order valence-electron chi connectivity index (χ1n) is 6.33. The average molecular weight is 283 g/mol. The first kappa shape index (κ1) is 13.1. The molecule has 6 heteroatoms. The molecule has 3 aromatic rings. The van der Waals surface area contributed by atoms with Crippen molar-refractivity contribution in [1.29, 1.82) is 0 Å². The number of carbonyl (C=O) groups is 1. The van der Waals surface area contributed by atoms with Crippen LogP contribution in [0.3, 0.4) is 0 Å². The van der Waals surface area contributed by atoms with E-state index < -0.39 is 5.91 Å². The summed E-state index contributed by atoms with van der Waals surface area (Å²) in [7, 11) is 0. The molecule has 1 aromatic carbocycles. The van der Waals surface area contributed by atoms with E-state index in [1.165, 1.54) is 0 Å². The molecule has 0 bridgehead atoms. The molecule has 0 spiro atoms. The van der Waals surface area contributed by atoms with Crippen molar-refractivity contribution >= 4 is 16.8 Å². The van der Waals surface area contributed by atoms with Crippen molar-refractivity contribution in [1.82, 2.24) is 10.4 Å². The fraction of sp³-hybridized carbons (Fsp3) is 0.0667. The highest BCUT2D eigenvalue weighted by Crippen LogP contribution is 2.20. The lowest BCUT2D eigenvalue weighted by Crippen LogP contribution is -2.29. The van der Waals surface area contributed by atoms with Gasteiger partial charge in [0, 0.05) is 17.6 Å². The van der Waals surface area contributed by atoms with Gasteiger partial charge in [-0.3, -0.25) is 15.2 Å². The van der Waals surface area contributed by atoms with E-state index in [1.54, 1.807) is 18.3 Å². The maximum absolute atomic E-state index is 11.3. The van der Waals surface area contributed by atoms with Gasteiger partial charge in [0.25, 0.3) is 0 Å². The number of carbonyl (C=O) groups excluding carboxylic acids is 1. The van der Waals surface area contributed by atoms with Gasteiger partial charge >= 0.3 is 5.91 Å². The van der Waals surface area contributed by atoms with E-state index in [4.69, 9.17) is 15.0 Å². The number of pyridine rings is 1. The summed E-state index contributed by atoms with van der Waals surface area (Å²) in [5, 5.41) is 1.05. The standard InChI is InChI=1S/C15H13N3O3/c16-18-15(19)14-6-5-12(21-14)9-20-11-4-3-10-2-1-7-17-13(10)8-11/h1-8H,9,16H2,(H,18,19). The summed E-state index contributed by atoms with van der Waals surface area (Å²) in [4.78, 5) is 15.5. The molecular formula is C15H13N3O3. The number of nitrogens with one attached hydrogen (secondary N) is 1. The van der Waals surface area contributed by atoms with Crippen LogP contribution >= 0.6 is 0 Å². The highest BCUT2D eigenvalue weighted by atomic mass is 16.5. The van der Waals surface area contributed by atoms with Gasteiger partial charge in [-0.05, 0) is 30.3 Å². The minimum atomic E-state index is -0.476. The van der Waals surface area contributed by atoms with Crippen LogP contribution in [0, 0.1) is 0 Å². The van der Waals surface area contributed by atoms with E-state index in [0.717, 1.165) is 10.9 Å². The SMILES string of the molecule is NNC(=O)c1ccc(COc2ccc3cccnc3c2)o1. The summed E-state index contributed by atoms with van der Waals surface area (Å²) in [5.41, 5.74) is 2.87. The van der Waals surface area contributed by atoms with Crippen molar-refractivity contribution in [2.24, 2.45) is 5.84 Å². The van der Waals surface area contributed by atoms with Crippen LogP contribution in [0.1, 0.15) is 16.3 Å². The van der Waals surface area contributed by atoms with Crippen LogP contribution in [-0.4, -0.2) is 10.9 Å². The molecule has 0 saturated heterocycles. The molecule has 21 heavy (non-hydrogen) atoms. The molecule has 2 aromatic heterocycles. The molecule has 106 valence electrons. The van der Waals surface area contributed by atoms with E-state index in [9.17, 15) is 4.79 Å². The Morgan fingerprint density at radius 3 is 3.05 bits per heavy atom. The molecule has 3 N–H and O–H groups in total. The number of aromatic nitrogens is 1. The number of nitrogens with zero attached hydrogens (tertiary/aromatic N) is 1. The van der Waals surface area contributed by atoms with Crippen LogP contribution in [0.15, 0.2) is 53.1 Å². The highest BCUT2D eigenvalue weighted by molar-refractivity contribution is 5.90. The zero-order valence-corrected chi connectivity index (χ0v) is 11.1. The minimum absolute atomic E-state index is 0.149. The van der Waals surface area contributed by atoms with Gasteiger partial charge in [0.15, 0.2) is 5.76 Å². The first-order valence-corrected chi connectivity index (χ1v) is 6.33. The molecule has 0 radical (unpaired) electrons. The third kappa shape index (κ3) is 2.85. The number of amides is 1. The predicted molar refractivity (Wildman–Crippen MR) is 76.4 cm³/mol. The van der Waals surface area contributed by atoms with Crippen LogP contribution < -0.4 is 16.0 Å². The van der Waals surface area contributed by atoms with Crippen molar-refractivity contribution in [3.05, 3.63) is 60.2 Å². The Bertz CT molecular complexity index is 782. The summed E-state index contributed by atoms with van der Waals surface area (Å²) in [6.45, 7) is 0.218. The number of hydrazine groups is 1. The van der Waals surface area contributed by atoms with Gasteiger partial charge < -0.3 is 9.15 Å². The normalized spacial score (nSPS) is 10.5. The number of nitrogen functional groups attached to an aromatic ring is 1. The van der Waals surface area contributed by atoms with Gasteiger partial charge in [-0.25, -0.2) is 5.84 Å². The molecule has 2 heterocycles. The fourth-order valence-corrected chi connectivity index (χ4v) is 1.94. The molecule has 3 rings (SSSR count). The quantitative estimate of drug-likeness (QED) is 0.434. The Hall–Kier alpha value is -2.86. The maximum Gasteiger partial charge on any atom is 0.300 e. The van der Waals surface area contributed by atoms with Crippen LogP contribution in [-0.2, 0) is 6.61 Å². The van der Waals surface area contributed by atoms with Gasteiger partial charge in [0.2, 0.25) is 0 Å². The second-order valence-electron chi connectivity index (χ2n) is 4.39. The fourth-order valence-electron chi connectivity index (χ4n) is 1.94. The molecule has 0 aliphatic heterocycles. The monoisotopic (exact) mass is 283 g/mol. The lowest BCUT2D eigenvalue weighted by atomic mass is 10.2. The summed E-state index contributed by atoms with van der Waals surface area (Å²) in [6.07, 6.45) is 1.73. The zero-order chi connectivity index (χ0) is 14.7. The van der Waals surface area contributed by atoms with Crippen molar-refractivity contribution in [3.8, 4) is 5.75 Å². The number of rotatable bonds is 4. The molecule has 0 atom stereocenters. The Morgan fingerprint density at radius 2 is 2.19 bits per heavy atom. The Balaban J connectivity index is 1.71. The van der Waals surface area contributed by atoms with E-state index in [1.807, 2.05) is 35.8 Å². The summed E-state index contributed by atoms with van der Waals surface area (Å²) in [6, 6.07) is 12.7. The van der Waals surface area contributed by atoms with Crippen LogP contribution in [0.5, 0.6) is 5.75 Å². The molecule has 0 unspecified atom stereocenters. The lowest BCUT2D eigenvalue weighted by molar-refractivity contribution is 0.0922. The molecule has 0 saturated carbocycles. The van der Waals surface area contributed by atoms with Gasteiger partial charge in [-0.1, -0.05) is 6.07 Å². The van der Waals surface area contributed by atoms with Crippen LogP contribution in [0.25, 0.3) is 10.9 Å². The molecular weight excluding hydrogens is 270 g/mol. The predicted octanol–water partition coefficient (Wildman–Crippen LogP) is 2.01. The number of furan rings is 1. The maximum atomic E-state index is 11.3. The number of ether oxygens (including phenoxy) is 1. The first-order chi connectivity index (χ1) is 10.3. The van der Waals surface area contributed by atoms with E-state index in [2.05, 4.69) is 4.98 Å². The van der Waals surface area contributed by atoms with E-state index in [0.29, 0.717) is 11.5 Å². The minimum Gasteiger partial charge on any atom is -0.486 e. The van der Waals surface area contributed by atoms with Crippen molar-refractivity contribution in [2.75, 3.05) is 0 Å². The van der Waals surface area contributed by atoms with Crippen LogP contribution in [0.2, 0.25) is 0 Å². The van der Waals surface area contributed by atoms with Gasteiger partial charge in [-0.15, -0.1) is 0 Å². The zero-order valence-electron chi connectivity index (χ0n) is 11.1. The van der Waals surface area contributed by atoms with Crippen molar-refractivity contribution in [3.63, 3.8) is 0 Å². The Morgan fingerprint density at radius 1 is 1.29 bits per heavy atom. The average Bonchev–Trinajstić information content (AvgIpc) is 3.01. The topological polar surface area (TPSA) is 90.4 Å². The molecule has 6 nitrogen and oxygen atoms in total. The third-order valence-electron chi connectivity index (χ3n) is 2.98. The molecule has 1 amide bonds. The highest BCUT2D eigenvalue weighted by Gasteiger charge is 2.09. The number of benzene rings is 1. The van der Waals surface area contributed by atoms with Gasteiger partial charge in [-0.2, -0.15) is 0 Å². The number of fused-ring (bicyclic) bond motifs is 1. The number of hydrogen-bond acceptors (Lipinski definition) is 5. The van der Waals surface area contributed by atoms with E-state index >= 15 is 0 Å². The van der Waals surface area contributed by atoms with Gasteiger partial charge in [0.05, 0.1) is 5.52 Å². The lowest BCUT2D eigenvalue weighted by Gasteiger charge is -2.05. The van der Waals surface area contributed by atoms with Crippen molar-refractivity contribution < 1.29 is 13.9 Å². The third-order valence-corrected chi connectivity index (χ3v) is 2.98. The largest absolute Gasteiger partial charge is 0.486 e. The number of nitrogens with two attached hydrogens (primary N) is 1. The van der Waals surface area contributed by atoms with Crippen LogP contribution in [0.4, 0.5) is 0 Å². The molecule has 0 aliphatic rings. The molecule has 0 fully saturated rings. The second kappa shape index (κ2) is 5.64. The van der Waals surface area contributed by atoms with Gasteiger partial charge in [0.1, 0.15) is 18.1 Å². The molecule has 0 aliphatic carbocycles. The van der Waals surface area contributed by atoms with E-state index in [-0.39, 0.29) is 12.4 Å². The Kier molecular flexibility index (Phi) is 3.53. The smallest absolute Gasteiger partial charge is 0.300 e. The summed E-state index contributed by atoms with van der Waals surface area (Å²) < 4.78 is 10.9. The van der Waals surface area contributed by atoms with Crippen molar-refractivity contribution in [2.45, 2.75) is 6.61 Å². The second-order valence-corrected chi connectivity index (χ2v) is 4.39.